The molecule has 1 amide bonds. The third-order valence-corrected chi connectivity index (χ3v) is 4.24. The van der Waals surface area contributed by atoms with Crippen LogP contribution >= 0.6 is 11.8 Å². The molecule has 7 heteroatoms. The number of amides is 1. The maximum absolute atomic E-state index is 10.8. The smallest absolute Gasteiger partial charge is 0.407 e. The van der Waals surface area contributed by atoms with Crippen molar-refractivity contribution in [2.45, 2.75) is 16.6 Å². The molecule has 0 radical (unpaired) electrons. The van der Waals surface area contributed by atoms with E-state index in [2.05, 4.69) is 5.16 Å². The molecule has 6 nitrogen and oxygen atoms in total. The van der Waals surface area contributed by atoms with E-state index in [1.807, 2.05) is 12.1 Å². The normalized spacial score (nSPS) is 19.7. The molecule has 1 saturated heterocycles. The van der Waals surface area contributed by atoms with E-state index in [1.165, 1.54) is 4.90 Å². The Kier molecular flexibility index (Phi) is 4.16. The Morgan fingerprint density at radius 2 is 2.11 bits per heavy atom. The van der Waals surface area contributed by atoms with Crippen molar-refractivity contribution in [2.75, 3.05) is 13.1 Å². The molecule has 0 bridgehead atoms. The van der Waals surface area contributed by atoms with Crippen molar-refractivity contribution in [1.82, 2.24) is 4.90 Å². The van der Waals surface area contributed by atoms with Gasteiger partial charge in [0.2, 0.25) is 0 Å². The minimum atomic E-state index is -0.856. The second kappa shape index (κ2) is 5.83. The van der Waals surface area contributed by atoms with Gasteiger partial charge in [-0.3, -0.25) is 0 Å². The minimum Gasteiger partial charge on any atom is -0.465 e. The van der Waals surface area contributed by atoms with Crippen LogP contribution in [0, 0.1) is 0 Å². The van der Waals surface area contributed by atoms with Gasteiger partial charge in [0.15, 0.2) is 5.84 Å². The minimum absolute atomic E-state index is 0.0782. The van der Waals surface area contributed by atoms with Crippen LogP contribution in [0.25, 0.3) is 0 Å². The zero-order valence-electron chi connectivity index (χ0n) is 10.2. The summed E-state index contributed by atoms with van der Waals surface area (Å²) >= 11 is 1.65. The third-order valence-electron chi connectivity index (χ3n) is 2.98. The molecule has 1 heterocycles. The predicted molar refractivity (Wildman–Crippen MR) is 72.8 cm³/mol. The van der Waals surface area contributed by atoms with E-state index in [4.69, 9.17) is 16.0 Å². The number of hydrogen-bond donors (Lipinski definition) is 3. The summed E-state index contributed by atoms with van der Waals surface area (Å²) in [5, 5.41) is 20.7. The number of amidine groups is 1. The van der Waals surface area contributed by atoms with Gasteiger partial charge in [0.05, 0.1) is 0 Å². The van der Waals surface area contributed by atoms with Crippen LogP contribution in [0.2, 0.25) is 0 Å². The average Bonchev–Trinajstić information content (AvgIpc) is 2.87. The monoisotopic (exact) mass is 281 g/mol. The topological polar surface area (TPSA) is 99.2 Å². The zero-order valence-corrected chi connectivity index (χ0v) is 11.0. The first-order chi connectivity index (χ1) is 9.10. The van der Waals surface area contributed by atoms with Gasteiger partial charge < -0.3 is 20.9 Å². The molecule has 0 aromatic heterocycles. The number of carbonyl (C=O) groups is 1. The SMILES string of the molecule is NC(=NO)c1ccc(S[C@@H]2CCN(C(=O)O)C2)cc1. The van der Waals surface area contributed by atoms with E-state index < -0.39 is 6.09 Å². The van der Waals surface area contributed by atoms with Crippen molar-refractivity contribution in [3.63, 3.8) is 0 Å². The number of oxime groups is 1. The molecule has 19 heavy (non-hydrogen) atoms. The lowest BCUT2D eigenvalue weighted by Crippen LogP contribution is -2.26. The highest BCUT2D eigenvalue weighted by Gasteiger charge is 2.26. The number of nitrogens with zero attached hydrogens (tertiary/aromatic N) is 2. The van der Waals surface area contributed by atoms with Crippen LogP contribution in [-0.4, -0.2) is 45.5 Å². The maximum atomic E-state index is 10.8. The number of nitrogens with two attached hydrogens (primary N) is 1. The summed E-state index contributed by atoms with van der Waals surface area (Å²) in [7, 11) is 0. The summed E-state index contributed by atoms with van der Waals surface area (Å²) < 4.78 is 0. The average molecular weight is 281 g/mol. The molecule has 2 rings (SSSR count). The molecule has 1 aliphatic heterocycles. The van der Waals surface area contributed by atoms with Crippen molar-refractivity contribution in [1.29, 1.82) is 0 Å². The highest BCUT2D eigenvalue weighted by molar-refractivity contribution is 8.00. The van der Waals surface area contributed by atoms with Crippen LogP contribution in [0.5, 0.6) is 0 Å². The van der Waals surface area contributed by atoms with Crippen LogP contribution in [-0.2, 0) is 0 Å². The van der Waals surface area contributed by atoms with Gasteiger partial charge in [0.25, 0.3) is 0 Å². The Labute approximate surface area is 114 Å². The van der Waals surface area contributed by atoms with Crippen LogP contribution in [0.4, 0.5) is 4.79 Å². The predicted octanol–water partition coefficient (Wildman–Crippen LogP) is 1.63. The number of benzene rings is 1. The van der Waals surface area contributed by atoms with E-state index in [9.17, 15) is 4.79 Å². The lowest BCUT2D eigenvalue weighted by atomic mass is 10.2. The van der Waals surface area contributed by atoms with Gasteiger partial charge in [-0.25, -0.2) is 4.79 Å². The van der Waals surface area contributed by atoms with Crippen LogP contribution in [0.3, 0.4) is 0 Å². The summed E-state index contributed by atoms with van der Waals surface area (Å²) in [5.74, 6) is 0.0782. The largest absolute Gasteiger partial charge is 0.465 e. The van der Waals surface area contributed by atoms with Gasteiger partial charge in [0.1, 0.15) is 0 Å². The molecule has 1 fully saturated rings. The van der Waals surface area contributed by atoms with Gasteiger partial charge in [-0.2, -0.15) is 0 Å². The fourth-order valence-electron chi connectivity index (χ4n) is 1.95. The fourth-order valence-corrected chi connectivity index (χ4v) is 3.11. The molecule has 0 aliphatic carbocycles. The quantitative estimate of drug-likeness (QED) is 0.338. The van der Waals surface area contributed by atoms with Gasteiger partial charge in [-0.05, 0) is 18.6 Å². The summed E-state index contributed by atoms with van der Waals surface area (Å²) in [6, 6.07) is 7.34. The number of hydrogen-bond acceptors (Lipinski definition) is 4. The van der Waals surface area contributed by atoms with Crippen LogP contribution in [0.1, 0.15) is 12.0 Å². The Morgan fingerprint density at radius 1 is 1.42 bits per heavy atom. The lowest BCUT2D eigenvalue weighted by Gasteiger charge is -2.12. The zero-order chi connectivity index (χ0) is 13.8. The van der Waals surface area contributed by atoms with E-state index >= 15 is 0 Å². The second-order valence-electron chi connectivity index (χ2n) is 4.27. The van der Waals surface area contributed by atoms with E-state index in [0.29, 0.717) is 18.7 Å². The summed E-state index contributed by atoms with van der Waals surface area (Å²) in [4.78, 5) is 13.3. The molecule has 1 aromatic carbocycles. The van der Waals surface area contributed by atoms with E-state index in [1.54, 1.807) is 23.9 Å². The number of likely N-dealkylation sites (tertiary alicyclic amines) is 1. The summed E-state index contributed by atoms with van der Waals surface area (Å²) in [6.07, 6.45) is 0.00394. The van der Waals surface area contributed by atoms with Crippen molar-refractivity contribution in [2.24, 2.45) is 10.9 Å². The van der Waals surface area contributed by atoms with E-state index in [0.717, 1.165) is 11.3 Å². The lowest BCUT2D eigenvalue weighted by molar-refractivity contribution is 0.156. The first kappa shape index (κ1) is 13.5. The third kappa shape index (κ3) is 3.31. The summed E-state index contributed by atoms with van der Waals surface area (Å²) in [6.45, 7) is 1.15. The van der Waals surface area contributed by atoms with E-state index in [-0.39, 0.29) is 11.1 Å². The molecule has 0 saturated carbocycles. The van der Waals surface area contributed by atoms with Gasteiger partial charge >= 0.3 is 6.09 Å². The molecule has 0 spiro atoms. The highest BCUT2D eigenvalue weighted by atomic mass is 32.2. The highest BCUT2D eigenvalue weighted by Crippen LogP contribution is 2.29. The summed E-state index contributed by atoms with van der Waals surface area (Å²) in [5.41, 5.74) is 6.14. The van der Waals surface area contributed by atoms with Crippen molar-refractivity contribution in [3.05, 3.63) is 29.8 Å². The Morgan fingerprint density at radius 3 is 2.63 bits per heavy atom. The number of carboxylic acid groups (broad SMARTS) is 1. The Balaban J connectivity index is 1.95. The van der Waals surface area contributed by atoms with Gasteiger partial charge in [-0.15, -0.1) is 11.8 Å². The molecular weight excluding hydrogens is 266 g/mol. The number of thioether (sulfide) groups is 1. The number of rotatable bonds is 3. The van der Waals surface area contributed by atoms with Gasteiger partial charge in [0, 0.05) is 28.8 Å². The first-order valence-corrected chi connectivity index (χ1v) is 6.70. The molecule has 0 unspecified atom stereocenters. The molecule has 1 atom stereocenters. The van der Waals surface area contributed by atoms with Crippen LogP contribution < -0.4 is 5.73 Å². The van der Waals surface area contributed by atoms with Crippen molar-refractivity contribution in [3.8, 4) is 0 Å². The maximum Gasteiger partial charge on any atom is 0.407 e. The standard InChI is InChI=1S/C12H15N3O3S/c13-11(14-18)8-1-3-9(4-2-8)19-10-5-6-15(7-10)12(16)17/h1-4,10,18H,5-7H2,(H2,13,14)(H,16,17)/t10-/m1/s1. The van der Waals surface area contributed by atoms with Gasteiger partial charge in [-0.1, -0.05) is 17.3 Å². The van der Waals surface area contributed by atoms with Crippen molar-refractivity contribution < 1.29 is 15.1 Å². The molecule has 4 N–H and O–H groups in total. The van der Waals surface area contributed by atoms with Crippen molar-refractivity contribution >= 4 is 23.7 Å². The fraction of sp³-hybridized carbons (Fsp3) is 0.333. The Bertz CT molecular complexity index is 489. The Hall–Kier alpha value is -1.89. The van der Waals surface area contributed by atoms with Crippen LogP contribution in [0.15, 0.2) is 34.3 Å². The molecule has 1 aromatic rings. The second-order valence-corrected chi connectivity index (χ2v) is 5.64. The molecule has 1 aliphatic rings. The molecule has 102 valence electrons. The first-order valence-electron chi connectivity index (χ1n) is 5.82. The molecular formula is C12H15N3O3S.